The van der Waals surface area contributed by atoms with Crippen LogP contribution in [-0.4, -0.2) is 34.9 Å². The van der Waals surface area contributed by atoms with Crippen molar-refractivity contribution >= 4 is 15.7 Å². The van der Waals surface area contributed by atoms with Gasteiger partial charge < -0.3 is 5.11 Å². The van der Waals surface area contributed by atoms with E-state index in [1.165, 1.54) is 29.5 Å². The summed E-state index contributed by atoms with van der Waals surface area (Å²) in [4.78, 5) is 3.90. The van der Waals surface area contributed by atoms with E-state index in [1.54, 1.807) is 12.1 Å². The van der Waals surface area contributed by atoms with Crippen molar-refractivity contribution in [2.45, 2.75) is 17.9 Å². The number of pyridine rings is 1. The molecule has 7 nitrogen and oxygen atoms in total. The second-order valence-electron chi connectivity index (χ2n) is 3.86. The van der Waals surface area contributed by atoms with Crippen LogP contribution in [-0.2, 0) is 16.6 Å². The van der Waals surface area contributed by atoms with Crippen LogP contribution < -0.4 is 4.72 Å². The van der Waals surface area contributed by atoms with Crippen LogP contribution in [0.1, 0.15) is 6.42 Å². The summed E-state index contributed by atoms with van der Waals surface area (Å²) in [5.41, 5.74) is 0.443. The van der Waals surface area contributed by atoms with Crippen LogP contribution in [0.3, 0.4) is 0 Å². The summed E-state index contributed by atoms with van der Waals surface area (Å²) in [5, 5.41) is 12.6. The zero-order chi connectivity index (χ0) is 13.7. The van der Waals surface area contributed by atoms with Crippen molar-refractivity contribution in [2.24, 2.45) is 0 Å². The van der Waals surface area contributed by atoms with Crippen molar-refractivity contribution in [2.75, 3.05) is 11.3 Å². The molecule has 2 aromatic heterocycles. The molecule has 0 amide bonds. The van der Waals surface area contributed by atoms with Crippen LogP contribution in [0.2, 0.25) is 0 Å². The van der Waals surface area contributed by atoms with Gasteiger partial charge in [-0.15, -0.1) is 0 Å². The van der Waals surface area contributed by atoms with Gasteiger partial charge in [-0.25, -0.2) is 8.42 Å². The molecule has 2 heterocycles. The molecule has 0 fully saturated rings. The Morgan fingerprint density at radius 2 is 2.05 bits per heavy atom. The lowest BCUT2D eigenvalue weighted by Gasteiger charge is -2.05. The molecule has 0 saturated heterocycles. The summed E-state index contributed by atoms with van der Waals surface area (Å²) in [6.07, 6.45) is 6.24. The predicted octanol–water partition coefficient (Wildman–Crippen LogP) is 0.461. The Kier molecular flexibility index (Phi) is 4.13. The average Bonchev–Trinajstić information content (AvgIpc) is 2.86. The van der Waals surface area contributed by atoms with E-state index in [1.807, 2.05) is 0 Å². The number of sulfonamides is 1. The minimum atomic E-state index is -3.64. The third-order valence-electron chi connectivity index (χ3n) is 2.40. The van der Waals surface area contributed by atoms with Crippen LogP contribution in [0, 0.1) is 0 Å². The first-order chi connectivity index (χ1) is 9.12. The summed E-state index contributed by atoms with van der Waals surface area (Å²) in [6, 6.07) is 3.13. The molecule has 0 radical (unpaired) electrons. The fraction of sp³-hybridized carbons (Fsp3) is 0.273. The van der Waals surface area contributed by atoms with Crippen LogP contribution in [0.15, 0.2) is 41.8 Å². The molecule has 0 bridgehead atoms. The van der Waals surface area contributed by atoms with Crippen LogP contribution in [0.5, 0.6) is 0 Å². The second-order valence-corrected chi connectivity index (χ2v) is 5.54. The van der Waals surface area contributed by atoms with Crippen LogP contribution >= 0.6 is 0 Å². The Morgan fingerprint density at radius 1 is 1.32 bits per heavy atom. The number of hydrogen-bond donors (Lipinski definition) is 2. The number of aromatic nitrogens is 3. The highest BCUT2D eigenvalue weighted by Crippen LogP contribution is 2.14. The van der Waals surface area contributed by atoms with Gasteiger partial charge >= 0.3 is 0 Å². The van der Waals surface area contributed by atoms with Crippen molar-refractivity contribution in [1.29, 1.82) is 0 Å². The Hall–Kier alpha value is -1.93. The predicted molar refractivity (Wildman–Crippen MR) is 69.0 cm³/mol. The molecule has 0 atom stereocenters. The van der Waals surface area contributed by atoms with Crippen molar-refractivity contribution in [3.8, 4) is 0 Å². The van der Waals surface area contributed by atoms with Gasteiger partial charge in [-0.1, -0.05) is 0 Å². The van der Waals surface area contributed by atoms with Gasteiger partial charge in [-0.3, -0.25) is 14.4 Å². The summed E-state index contributed by atoms with van der Waals surface area (Å²) < 4.78 is 28.0. The minimum Gasteiger partial charge on any atom is -0.396 e. The highest BCUT2D eigenvalue weighted by Gasteiger charge is 2.16. The van der Waals surface area contributed by atoms with E-state index in [9.17, 15) is 8.42 Å². The van der Waals surface area contributed by atoms with Crippen molar-refractivity contribution in [3.05, 3.63) is 36.9 Å². The van der Waals surface area contributed by atoms with Crippen LogP contribution in [0.25, 0.3) is 0 Å². The van der Waals surface area contributed by atoms with Gasteiger partial charge in [-0.2, -0.15) is 5.10 Å². The number of anilines is 1. The molecule has 0 aromatic carbocycles. The van der Waals surface area contributed by atoms with Crippen molar-refractivity contribution in [3.63, 3.8) is 0 Å². The van der Waals surface area contributed by atoms with Gasteiger partial charge in [0.05, 0.1) is 11.9 Å². The van der Waals surface area contributed by atoms with E-state index in [0.717, 1.165) is 0 Å². The highest BCUT2D eigenvalue weighted by molar-refractivity contribution is 7.92. The number of aliphatic hydroxyl groups is 1. The third kappa shape index (κ3) is 3.52. The SMILES string of the molecule is O=S(=O)(Nc1ccncc1)c1cnn(CCCO)c1. The molecule has 19 heavy (non-hydrogen) atoms. The number of nitrogens with one attached hydrogen (secondary N) is 1. The largest absolute Gasteiger partial charge is 0.396 e. The molecule has 0 saturated carbocycles. The molecule has 8 heteroatoms. The lowest BCUT2D eigenvalue weighted by atomic mass is 10.4. The molecule has 2 rings (SSSR count). The molecule has 0 unspecified atom stereocenters. The average molecular weight is 282 g/mol. The quantitative estimate of drug-likeness (QED) is 0.802. The summed E-state index contributed by atoms with van der Waals surface area (Å²) in [5.74, 6) is 0. The standard InChI is InChI=1S/C11H14N4O3S/c16-7-1-6-15-9-11(8-13-15)19(17,18)14-10-2-4-12-5-3-10/h2-5,8-9,16H,1,6-7H2,(H,12,14). The molecule has 0 spiro atoms. The van der Waals surface area contributed by atoms with E-state index in [4.69, 9.17) is 5.11 Å². The first-order valence-electron chi connectivity index (χ1n) is 5.68. The maximum Gasteiger partial charge on any atom is 0.265 e. The van der Waals surface area contributed by atoms with E-state index in [2.05, 4.69) is 14.8 Å². The van der Waals surface area contributed by atoms with Crippen LogP contribution in [0.4, 0.5) is 5.69 Å². The second kappa shape index (κ2) is 5.81. The number of aryl methyl sites for hydroxylation is 1. The lowest BCUT2D eigenvalue weighted by molar-refractivity contribution is 0.277. The molecule has 0 aliphatic rings. The normalized spacial score (nSPS) is 11.4. The lowest BCUT2D eigenvalue weighted by Crippen LogP contribution is -2.12. The van der Waals surface area contributed by atoms with Gasteiger partial charge in [0.1, 0.15) is 4.90 Å². The number of rotatable bonds is 6. The zero-order valence-corrected chi connectivity index (χ0v) is 10.9. The molecule has 102 valence electrons. The van der Waals surface area contributed by atoms with Crippen molar-refractivity contribution in [1.82, 2.24) is 14.8 Å². The zero-order valence-electron chi connectivity index (χ0n) is 10.1. The number of aliphatic hydroxyl groups excluding tert-OH is 1. The van der Waals surface area contributed by atoms with E-state index >= 15 is 0 Å². The first kappa shape index (κ1) is 13.5. The molecule has 0 aliphatic carbocycles. The monoisotopic (exact) mass is 282 g/mol. The van der Waals surface area contributed by atoms with Gasteiger partial charge in [-0.05, 0) is 18.6 Å². The topological polar surface area (TPSA) is 97.1 Å². The Labute approximate surface area is 111 Å². The molecular formula is C11H14N4O3S. The van der Waals surface area contributed by atoms with Gasteiger partial charge in [0, 0.05) is 31.7 Å². The molecule has 2 N–H and O–H groups in total. The minimum absolute atomic E-state index is 0.0389. The number of nitrogens with zero attached hydrogens (tertiary/aromatic N) is 3. The summed E-state index contributed by atoms with van der Waals surface area (Å²) in [7, 11) is -3.64. The Morgan fingerprint density at radius 3 is 2.74 bits per heavy atom. The maximum absolute atomic E-state index is 12.1. The highest BCUT2D eigenvalue weighted by atomic mass is 32.2. The van der Waals surface area contributed by atoms with E-state index in [0.29, 0.717) is 18.7 Å². The summed E-state index contributed by atoms with van der Waals surface area (Å²) >= 11 is 0. The van der Waals surface area contributed by atoms with Gasteiger partial charge in [0.15, 0.2) is 0 Å². The fourth-order valence-corrected chi connectivity index (χ4v) is 2.48. The van der Waals surface area contributed by atoms with Gasteiger partial charge in [0.2, 0.25) is 0 Å². The third-order valence-corrected chi connectivity index (χ3v) is 3.73. The van der Waals surface area contributed by atoms with Gasteiger partial charge in [0.25, 0.3) is 10.0 Å². The Bertz CT molecular complexity index is 624. The smallest absolute Gasteiger partial charge is 0.265 e. The molecule has 0 aliphatic heterocycles. The van der Waals surface area contributed by atoms with E-state index in [-0.39, 0.29) is 11.5 Å². The Balaban J connectivity index is 2.13. The van der Waals surface area contributed by atoms with Crippen molar-refractivity contribution < 1.29 is 13.5 Å². The fourth-order valence-electron chi connectivity index (χ4n) is 1.47. The summed E-state index contributed by atoms with van der Waals surface area (Å²) in [6.45, 7) is 0.512. The maximum atomic E-state index is 12.1. The number of hydrogen-bond acceptors (Lipinski definition) is 5. The van der Waals surface area contributed by atoms with E-state index < -0.39 is 10.0 Å². The first-order valence-corrected chi connectivity index (χ1v) is 7.16. The molecular weight excluding hydrogens is 268 g/mol. The molecule has 2 aromatic rings.